The van der Waals surface area contributed by atoms with Gasteiger partial charge in [-0.1, -0.05) is 12.1 Å². The van der Waals surface area contributed by atoms with Crippen LogP contribution in [0.25, 0.3) is 0 Å². The third-order valence-corrected chi connectivity index (χ3v) is 3.06. The lowest BCUT2D eigenvalue weighted by atomic mass is 10.1. The van der Waals surface area contributed by atoms with Gasteiger partial charge in [0.15, 0.2) is 6.29 Å². The fraction of sp³-hybridized carbons (Fsp3) is 0.462. The third-order valence-electron chi connectivity index (χ3n) is 3.06. The molecule has 1 aliphatic heterocycles. The number of carbonyl (C=O) groups excluding carboxylic acids is 1. The minimum absolute atomic E-state index is 0.563. The lowest BCUT2D eigenvalue weighted by Gasteiger charge is -2.23. The quantitative estimate of drug-likeness (QED) is 0.716. The standard InChI is InChI=1S/C13H16FNO/c14-12-5-3-8-15(9-7-12)13-6-2-1-4-11(13)10-16/h1-2,4,6,10,12H,3,5,7-9H2. The minimum Gasteiger partial charge on any atom is -0.371 e. The predicted molar refractivity (Wildman–Crippen MR) is 62.8 cm³/mol. The Kier molecular flexibility index (Phi) is 3.54. The van der Waals surface area contributed by atoms with Crippen molar-refractivity contribution in [1.82, 2.24) is 0 Å². The molecule has 0 aromatic heterocycles. The molecule has 1 atom stereocenters. The van der Waals surface area contributed by atoms with Crippen molar-refractivity contribution >= 4 is 12.0 Å². The molecule has 0 bridgehead atoms. The van der Waals surface area contributed by atoms with E-state index in [2.05, 4.69) is 4.90 Å². The molecule has 0 aliphatic carbocycles. The molecule has 0 amide bonds. The number of rotatable bonds is 2. The number of aldehydes is 1. The summed E-state index contributed by atoms with van der Waals surface area (Å²) in [4.78, 5) is 13.0. The number of benzene rings is 1. The summed E-state index contributed by atoms with van der Waals surface area (Å²) in [5.74, 6) is 0. The fourth-order valence-electron chi connectivity index (χ4n) is 2.17. The zero-order valence-electron chi connectivity index (χ0n) is 9.23. The van der Waals surface area contributed by atoms with E-state index >= 15 is 0 Å². The number of nitrogens with zero attached hydrogens (tertiary/aromatic N) is 1. The smallest absolute Gasteiger partial charge is 0.152 e. The number of anilines is 1. The highest BCUT2D eigenvalue weighted by molar-refractivity contribution is 5.84. The number of alkyl halides is 1. The van der Waals surface area contributed by atoms with Crippen molar-refractivity contribution in [2.24, 2.45) is 0 Å². The number of para-hydroxylation sites is 1. The predicted octanol–water partition coefficient (Wildman–Crippen LogP) is 2.83. The van der Waals surface area contributed by atoms with Crippen molar-refractivity contribution in [3.63, 3.8) is 0 Å². The highest BCUT2D eigenvalue weighted by atomic mass is 19.1. The number of hydrogen-bond acceptors (Lipinski definition) is 2. The second-order valence-electron chi connectivity index (χ2n) is 4.19. The van der Waals surface area contributed by atoms with Gasteiger partial charge < -0.3 is 4.90 Å². The van der Waals surface area contributed by atoms with Gasteiger partial charge in [-0.15, -0.1) is 0 Å². The van der Waals surface area contributed by atoms with E-state index in [9.17, 15) is 9.18 Å². The Bertz CT molecular complexity index is 367. The van der Waals surface area contributed by atoms with E-state index in [1.807, 2.05) is 18.2 Å². The molecule has 16 heavy (non-hydrogen) atoms. The van der Waals surface area contributed by atoms with Crippen LogP contribution in [0.15, 0.2) is 24.3 Å². The average Bonchev–Trinajstić information content (AvgIpc) is 2.54. The number of carbonyl (C=O) groups is 1. The first-order valence-corrected chi connectivity index (χ1v) is 5.74. The molecule has 1 saturated heterocycles. The molecule has 1 aliphatic rings. The Morgan fingerprint density at radius 3 is 2.88 bits per heavy atom. The van der Waals surface area contributed by atoms with E-state index in [0.717, 1.165) is 24.9 Å². The Balaban J connectivity index is 2.19. The van der Waals surface area contributed by atoms with Crippen molar-refractivity contribution in [2.75, 3.05) is 18.0 Å². The summed E-state index contributed by atoms with van der Waals surface area (Å²) in [6.45, 7) is 1.54. The molecule has 0 saturated carbocycles. The highest BCUT2D eigenvalue weighted by Gasteiger charge is 2.17. The van der Waals surface area contributed by atoms with Crippen LogP contribution in [0.5, 0.6) is 0 Å². The number of halogens is 1. The van der Waals surface area contributed by atoms with Crippen molar-refractivity contribution in [3.8, 4) is 0 Å². The second kappa shape index (κ2) is 5.10. The van der Waals surface area contributed by atoms with Gasteiger partial charge in [0.1, 0.15) is 6.17 Å². The first kappa shape index (κ1) is 11.1. The average molecular weight is 221 g/mol. The first-order chi connectivity index (χ1) is 7.81. The highest BCUT2D eigenvalue weighted by Crippen LogP contribution is 2.23. The van der Waals surface area contributed by atoms with Crippen LogP contribution < -0.4 is 4.90 Å². The molecule has 1 aromatic carbocycles. The molecule has 86 valence electrons. The summed E-state index contributed by atoms with van der Waals surface area (Å²) >= 11 is 0. The zero-order chi connectivity index (χ0) is 11.4. The Labute approximate surface area is 95.1 Å². The van der Waals surface area contributed by atoms with Crippen LogP contribution in [0.1, 0.15) is 29.6 Å². The summed E-state index contributed by atoms with van der Waals surface area (Å²) in [6, 6.07) is 7.51. The lowest BCUT2D eigenvalue weighted by Crippen LogP contribution is -2.25. The topological polar surface area (TPSA) is 20.3 Å². The SMILES string of the molecule is O=Cc1ccccc1N1CCCC(F)CC1. The van der Waals surface area contributed by atoms with Gasteiger partial charge in [0, 0.05) is 24.3 Å². The van der Waals surface area contributed by atoms with Crippen LogP contribution >= 0.6 is 0 Å². The molecule has 0 spiro atoms. The van der Waals surface area contributed by atoms with E-state index in [0.29, 0.717) is 24.9 Å². The van der Waals surface area contributed by atoms with Gasteiger partial charge in [-0.25, -0.2) is 4.39 Å². The van der Waals surface area contributed by atoms with Crippen LogP contribution in [0.2, 0.25) is 0 Å². The van der Waals surface area contributed by atoms with Crippen LogP contribution in [0.4, 0.5) is 10.1 Å². The summed E-state index contributed by atoms with van der Waals surface area (Å²) in [5.41, 5.74) is 1.63. The normalized spacial score (nSPS) is 21.6. The molecule has 2 rings (SSSR count). The van der Waals surface area contributed by atoms with Gasteiger partial charge in [-0.2, -0.15) is 0 Å². The fourth-order valence-corrected chi connectivity index (χ4v) is 2.17. The van der Waals surface area contributed by atoms with Crippen LogP contribution in [-0.2, 0) is 0 Å². The van der Waals surface area contributed by atoms with E-state index in [-0.39, 0.29) is 0 Å². The van der Waals surface area contributed by atoms with Gasteiger partial charge in [0.2, 0.25) is 0 Å². The van der Waals surface area contributed by atoms with Gasteiger partial charge in [-0.3, -0.25) is 4.79 Å². The molecule has 2 nitrogen and oxygen atoms in total. The lowest BCUT2D eigenvalue weighted by molar-refractivity contribution is 0.112. The van der Waals surface area contributed by atoms with Gasteiger partial charge >= 0.3 is 0 Å². The maximum Gasteiger partial charge on any atom is 0.152 e. The molecule has 1 aromatic rings. The molecule has 3 heteroatoms. The molecular formula is C13H16FNO. The second-order valence-corrected chi connectivity index (χ2v) is 4.19. The number of hydrogen-bond donors (Lipinski definition) is 0. The summed E-state index contributed by atoms with van der Waals surface area (Å²) in [7, 11) is 0. The van der Waals surface area contributed by atoms with Crippen LogP contribution in [0.3, 0.4) is 0 Å². The maximum absolute atomic E-state index is 13.2. The van der Waals surface area contributed by atoms with Crippen LogP contribution in [0, 0.1) is 0 Å². The van der Waals surface area contributed by atoms with Crippen LogP contribution in [-0.4, -0.2) is 25.5 Å². The van der Waals surface area contributed by atoms with Crippen molar-refractivity contribution in [2.45, 2.75) is 25.4 Å². The third kappa shape index (κ3) is 2.40. The van der Waals surface area contributed by atoms with Crippen molar-refractivity contribution < 1.29 is 9.18 Å². The van der Waals surface area contributed by atoms with E-state index in [1.54, 1.807) is 6.07 Å². The minimum atomic E-state index is -0.687. The summed E-state index contributed by atoms with van der Waals surface area (Å²) in [5, 5.41) is 0. The zero-order valence-corrected chi connectivity index (χ0v) is 9.23. The molecule has 1 unspecified atom stereocenters. The Morgan fingerprint density at radius 1 is 1.25 bits per heavy atom. The van der Waals surface area contributed by atoms with E-state index < -0.39 is 6.17 Å². The van der Waals surface area contributed by atoms with Crippen molar-refractivity contribution in [1.29, 1.82) is 0 Å². The largest absolute Gasteiger partial charge is 0.371 e. The Hall–Kier alpha value is -1.38. The first-order valence-electron chi connectivity index (χ1n) is 5.74. The van der Waals surface area contributed by atoms with E-state index in [4.69, 9.17) is 0 Å². The molecule has 1 fully saturated rings. The maximum atomic E-state index is 13.2. The molecule has 1 heterocycles. The van der Waals surface area contributed by atoms with E-state index in [1.165, 1.54) is 0 Å². The monoisotopic (exact) mass is 221 g/mol. The molecule has 0 N–H and O–H groups in total. The van der Waals surface area contributed by atoms with Gasteiger partial charge in [-0.05, 0) is 31.4 Å². The summed E-state index contributed by atoms with van der Waals surface area (Å²) in [6.07, 6.45) is 2.24. The van der Waals surface area contributed by atoms with Gasteiger partial charge in [0.25, 0.3) is 0 Å². The Morgan fingerprint density at radius 2 is 2.06 bits per heavy atom. The summed E-state index contributed by atoms with van der Waals surface area (Å²) < 4.78 is 13.2. The molecule has 0 radical (unpaired) electrons. The molecular weight excluding hydrogens is 205 g/mol. The van der Waals surface area contributed by atoms with Crippen molar-refractivity contribution in [3.05, 3.63) is 29.8 Å². The van der Waals surface area contributed by atoms with Gasteiger partial charge in [0.05, 0.1) is 0 Å².